The normalized spacial score (nSPS) is 9.83. The van der Waals surface area contributed by atoms with Gasteiger partial charge in [0, 0.05) is 0 Å². The lowest BCUT2D eigenvalue weighted by Gasteiger charge is -1.88. The number of rotatable bonds is 0. The van der Waals surface area contributed by atoms with E-state index in [-0.39, 0.29) is 11.0 Å². The second-order valence-electron chi connectivity index (χ2n) is 0.513. The third kappa shape index (κ3) is 48.6. The highest BCUT2D eigenvalue weighted by atomic mass is 33.2. The lowest BCUT2D eigenvalue weighted by molar-refractivity contribution is 0.655. The summed E-state index contributed by atoms with van der Waals surface area (Å²) in [5.41, 5.74) is 0. The summed E-state index contributed by atoms with van der Waals surface area (Å²) in [7, 11) is 0. The fourth-order valence-electron chi connectivity index (χ4n) is 0. The van der Waals surface area contributed by atoms with Gasteiger partial charge in [0.15, 0.2) is 4.67 Å². The molecule has 0 unspecified atom stereocenters. The molecule has 0 radical (unpaired) electrons. The van der Waals surface area contributed by atoms with Gasteiger partial charge in [-0.15, -0.1) is 24.5 Å². The van der Waals surface area contributed by atoms with Gasteiger partial charge in [0.1, 0.15) is 0 Å². The van der Waals surface area contributed by atoms with Crippen LogP contribution in [0.5, 0.6) is 0 Å². The van der Waals surface area contributed by atoms with Gasteiger partial charge in [-0.2, -0.15) is 0 Å². The maximum atomic E-state index is 8.18. The Hall–Kier alpha value is 1.53. The van der Waals surface area contributed by atoms with Gasteiger partial charge in [-0.25, -0.2) is 0 Å². The highest BCUT2D eigenvalue weighted by Gasteiger charge is 1.88. The molecule has 0 saturated heterocycles. The Morgan fingerprint density at radius 3 is 1.50 bits per heavy atom. The zero-order valence-electron chi connectivity index (χ0n) is 2.20. The molecule has 0 fully saturated rings. The number of hydrogen-bond acceptors (Lipinski definition) is 1. The minimum absolute atomic E-state index is 0. The highest BCUT2D eigenvalue weighted by Crippen LogP contribution is 2.50. The van der Waals surface area contributed by atoms with Crippen LogP contribution in [0.15, 0.2) is 0 Å². The second kappa shape index (κ2) is 3.52. The Morgan fingerprint density at radius 1 is 1.50 bits per heavy atom. The smallest absolute Gasteiger partial charge is 0.166 e. The van der Waals surface area contributed by atoms with Crippen LogP contribution in [-0.4, -0.2) is 15.9 Å². The minimum Gasteiger partial charge on any atom is -0.350 e. The summed E-state index contributed by atoms with van der Waals surface area (Å²) in [6.07, 6.45) is 0. The number of thiol groups is 2. The van der Waals surface area contributed by atoms with Crippen molar-refractivity contribution in [2.75, 3.05) is 0 Å². The van der Waals surface area contributed by atoms with Gasteiger partial charge < -0.3 is 4.89 Å². The predicted molar refractivity (Wildman–Crippen MR) is 45.8 cm³/mol. The standard InChI is InChI=1S/H3OPS3.H4Si/c1-2(3,4)5;/h(H3,1,3,4,5);1H4. The van der Waals surface area contributed by atoms with Crippen LogP contribution in [0, 0.1) is 0 Å². The molecular weight excluding hydrogens is 171 g/mol. The summed E-state index contributed by atoms with van der Waals surface area (Å²) >= 11 is 11.2. The minimum atomic E-state index is -2.42. The zero-order chi connectivity index (χ0) is 4.50. The van der Waals surface area contributed by atoms with E-state index in [4.69, 9.17) is 4.89 Å². The van der Waals surface area contributed by atoms with Crippen LogP contribution in [0.1, 0.15) is 0 Å². The Labute approximate surface area is 57.0 Å². The quantitative estimate of drug-likeness (QED) is 0.267. The molecule has 0 amide bonds. The average Bonchev–Trinajstić information content (AvgIpc) is 0.722. The molecule has 0 aromatic rings. The van der Waals surface area contributed by atoms with Crippen LogP contribution >= 0.6 is 29.2 Å². The Morgan fingerprint density at radius 2 is 1.50 bits per heavy atom. The van der Waals surface area contributed by atoms with E-state index < -0.39 is 4.67 Å². The summed E-state index contributed by atoms with van der Waals surface area (Å²) in [4.78, 5) is 8.18. The lowest BCUT2D eigenvalue weighted by atomic mass is 15.9. The molecule has 6 heavy (non-hydrogen) atoms. The first-order valence-corrected chi connectivity index (χ1v) is 5.84. The van der Waals surface area contributed by atoms with Crippen LogP contribution in [0.4, 0.5) is 0 Å². The lowest BCUT2D eigenvalue weighted by Crippen LogP contribution is -1.39. The van der Waals surface area contributed by atoms with E-state index in [0.29, 0.717) is 0 Å². The van der Waals surface area contributed by atoms with Crippen molar-refractivity contribution in [2.24, 2.45) is 0 Å². The third-order valence-electron chi connectivity index (χ3n) is 0. The largest absolute Gasteiger partial charge is 0.350 e. The molecule has 0 aromatic heterocycles. The summed E-state index contributed by atoms with van der Waals surface area (Å²) in [5, 5.41) is 0. The predicted octanol–water partition coefficient (Wildman–Crippen LogP) is -0.389. The van der Waals surface area contributed by atoms with Crippen LogP contribution < -0.4 is 0 Å². The molecule has 0 rings (SSSR count). The van der Waals surface area contributed by atoms with Crippen LogP contribution in [0.3, 0.4) is 0 Å². The van der Waals surface area contributed by atoms with Gasteiger partial charge >= 0.3 is 0 Å². The van der Waals surface area contributed by atoms with E-state index in [0.717, 1.165) is 0 Å². The van der Waals surface area contributed by atoms with Crippen LogP contribution in [-0.2, 0) is 11.8 Å². The van der Waals surface area contributed by atoms with Gasteiger partial charge in [-0.05, 0) is 22.8 Å². The maximum Gasteiger partial charge on any atom is 0.166 e. The first-order valence-electron chi connectivity index (χ1n) is 0.783. The summed E-state index contributed by atoms with van der Waals surface area (Å²) in [6.45, 7) is 0. The molecule has 40 valence electrons. The van der Waals surface area contributed by atoms with Crippen molar-refractivity contribution in [1.82, 2.24) is 0 Å². The van der Waals surface area contributed by atoms with Crippen LogP contribution in [0.2, 0.25) is 0 Å². The van der Waals surface area contributed by atoms with Crippen molar-refractivity contribution in [3.63, 3.8) is 0 Å². The van der Waals surface area contributed by atoms with Crippen molar-refractivity contribution < 1.29 is 4.89 Å². The monoisotopic (exact) mass is 178 g/mol. The molecule has 0 aliphatic heterocycles. The first-order chi connectivity index (χ1) is 2.00. The number of hydrogen-bond donors (Lipinski definition) is 3. The summed E-state index contributed by atoms with van der Waals surface area (Å²) < 4.78 is -2.42. The van der Waals surface area contributed by atoms with E-state index in [1.807, 2.05) is 0 Å². The first kappa shape index (κ1) is 10.5. The van der Waals surface area contributed by atoms with Gasteiger partial charge in [0.25, 0.3) is 0 Å². The average molecular weight is 178 g/mol. The van der Waals surface area contributed by atoms with Crippen molar-refractivity contribution in [2.45, 2.75) is 0 Å². The molecule has 0 aliphatic rings. The van der Waals surface area contributed by atoms with Crippen molar-refractivity contribution in [1.29, 1.82) is 0 Å². The Balaban J connectivity index is 0. The molecule has 0 saturated carbocycles. The molecule has 0 spiro atoms. The van der Waals surface area contributed by atoms with Crippen LogP contribution in [0.25, 0.3) is 0 Å². The topological polar surface area (TPSA) is 20.2 Å². The zero-order valence-corrected chi connectivity index (χ0v) is 5.70. The van der Waals surface area contributed by atoms with Gasteiger partial charge in [-0.3, -0.25) is 0 Å². The van der Waals surface area contributed by atoms with Gasteiger partial charge in [0.2, 0.25) is 0 Å². The molecule has 1 nitrogen and oxygen atoms in total. The summed E-state index contributed by atoms with van der Waals surface area (Å²) in [6, 6.07) is 0. The van der Waals surface area contributed by atoms with Crippen molar-refractivity contribution >= 4 is 51.9 Å². The van der Waals surface area contributed by atoms with Gasteiger partial charge in [0.05, 0.1) is 0 Å². The SMILES string of the molecule is OP(=S)(S)S.[SiH4]. The van der Waals surface area contributed by atoms with Gasteiger partial charge in [-0.1, -0.05) is 0 Å². The molecule has 0 bridgehead atoms. The molecule has 1 N–H and O–H groups in total. The molecular formula is H7OPS3Si. The van der Waals surface area contributed by atoms with Crippen molar-refractivity contribution in [3.8, 4) is 0 Å². The fraction of sp³-hybridized carbons (Fsp3) is 0. The molecule has 0 heterocycles. The van der Waals surface area contributed by atoms with E-state index >= 15 is 0 Å². The maximum absolute atomic E-state index is 8.18. The Bertz CT molecular complexity index is 56.9. The molecule has 0 atom stereocenters. The third-order valence-corrected chi connectivity index (χ3v) is 0. The second-order valence-corrected chi connectivity index (χ2v) is 9.17. The summed E-state index contributed by atoms with van der Waals surface area (Å²) in [5.74, 6) is 0. The molecule has 0 aromatic carbocycles. The molecule has 0 aliphatic carbocycles. The fourth-order valence-corrected chi connectivity index (χ4v) is 0. The van der Waals surface area contributed by atoms with E-state index in [1.165, 1.54) is 0 Å². The van der Waals surface area contributed by atoms with E-state index in [1.54, 1.807) is 0 Å². The van der Waals surface area contributed by atoms with E-state index in [9.17, 15) is 0 Å². The van der Waals surface area contributed by atoms with E-state index in [2.05, 4.69) is 36.3 Å². The Kier molecular flexibility index (Phi) is 6.16. The van der Waals surface area contributed by atoms with Crippen molar-refractivity contribution in [3.05, 3.63) is 0 Å². The molecule has 6 heteroatoms. The highest BCUT2D eigenvalue weighted by molar-refractivity contribution is 8.90.